The zero-order valence-corrected chi connectivity index (χ0v) is 27.1. The van der Waals surface area contributed by atoms with Crippen molar-refractivity contribution in [3.05, 3.63) is 31.2 Å². The van der Waals surface area contributed by atoms with Gasteiger partial charge >= 0.3 is 0 Å². The predicted molar refractivity (Wildman–Crippen MR) is 168 cm³/mol. The van der Waals surface area contributed by atoms with Gasteiger partial charge in [-0.25, -0.2) is 9.97 Å². The Bertz CT molecular complexity index is 1460. The summed E-state index contributed by atoms with van der Waals surface area (Å²) in [5, 5.41) is 5.26. The molecule has 2 heterocycles. The van der Waals surface area contributed by atoms with Crippen molar-refractivity contribution in [1.29, 1.82) is 0 Å². The third-order valence-corrected chi connectivity index (χ3v) is 8.71. The molecule has 0 fully saturated rings. The Morgan fingerprint density at radius 2 is 1.13 bits per heavy atom. The number of Topliss-reactive ketones (excluding diaryl/α,β-unsaturated/α-hetero) is 4. The quantitative estimate of drug-likeness (QED) is 0.266. The zero-order valence-electron chi connectivity index (χ0n) is 25.4. The predicted octanol–water partition coefficient (Wildman–Crippen LogP) is 0.319. The van der Waals surface area contributed by atoms with E-state index in [4.69, 9.17) is 4.74 Å². The number of ether oxygens (including phenoxy) is 1. The third kappa shape index (κ3) is 8.64. The number of ketones is 4. The Hall–Kier alpha value is -3.90. The maximum Gasteiger partial charge on any atom is 0.280 e. The van der Waals surface area contributed by atoms with E-state index in [-0.39, 0.29) is 93.3 Å². The smallest absolute Gasteiger partial charge is 0.280 e. The van der Waals surface area contributed by atoms with Crippen LogP contribution >= 0.6 is 22.7 Å². The molecule has 45 heavy (non-hydrogen) atoms. The third-order valence-electron chi connectivity index (χ3n) is 6.52. The summed E-state index contributed by atoms with van der Waals surface area (Å²) in [7, 11) is 7.52. The summed E-state index contributed by atoms with van der Waals surface area (Å²) in [6, 6.07) is 0. The van der Waals surface area contributed by atoms with Gasteiger partial charge in [0.15, 0.2) is 21.6 Å². The second kappa shape index (κ2) is 15.4. The summed E-state index contributed by atoms with van der Waals surface area (Å²) < 4.78 is 5.46. The van der Waals surface area contributed by atoms with Crippen molar-refractivity contribution >= 4 is 69.0 Å². The highest BCUT2D eigenvalue weighted by atomic mass is 32.1. The number of aliphatic imine (C=N–C) groups is 2. The number of amides is 2. The highest BCUT2D eigenvalue weighted by Gasteiger charge is 2.35. The van der Waals surface area contributed by atoms with Crippen LogP contribution in [-0.4, -0.2) is 147 Å². The van der Waals surface area contributed by atoms with Crippen LogP contribution in [0.3, 0.4) is 0 Å². The van der Waals surface area contributed by atoms with Crippen molar-refractivity contribution in [1.82, 2.24) is 30.4 Å². The molecule has 0 saturated carbocycles. The van der Waals surface area contributed by atoms with E-state index in [0.29, 0.717) is 26.2 Å². The number of rotatable bonds is 14. The van der Waals surface area contributed by atoms with Crippen molar-refractivity contribution in [2.24, 2.45) is 9.98 Å². The van der Waals surface area contributed by atoms with Crippen LogP contribution in [0, 0.1) is 0 Å². The van der Waals surface area contributed by atoms with Crippen LogP contribution in [0.15, 0.2) is 9.98 Å². The molecule has 240 valence electrons. The molecule has 0 unspecified atom stereocenters. The SMILES string of the molecule is CN(C)CCN=C1CC(=O)c2sc(C(=O)NCCOCCNC(=O)c3nc4c(s3)C(=O)CC(=NCCN(C)C)C4=O)nc2C1=O. The molecule has 0 aliphatic heterocycles. The van der Waals surface area contributed by atoms with Gasteiger partial charge in [-0.2, -0.15) is 0 Å². The molecule has 2 aromatic rings. The molecule has 4 rings (SSSR count). The van der Waals surface area contributed by atoms with Gasteiger partial charge in [0.05, 0.1) is 50.6 Å². The maximum atomic E-state index is 12.7. The highest BCUT2D eigenvalue weighted by Crippen LogP contribution is 2.27. The molecule has 0 saturated heterocycles. The number of fused-ring (bicyclic) bond motifs is 2. The van der Waals surface area contributed by atoms with Crippen LogP contribution in [0.4, 0.5) is 0 Å². The number of hydrogen-bond acceptors (Lipinski definition) is 15. The summed E-state index contributed by atoms with van der Waals surface area (Å²) in [5.41, 5.74) is 0.220. The number of carbonyl (C=O) groups excluding carboxylic acids is 6. The first-order chi connectivity index (χ1) is 21.5. The first kappa shape index (κ1) is 34.0. The lowest BCUT2D eigenvalue weighted by Gasteiger charge is -2.11. The van der Waals surface area contributed by atoms with Crippen LogP contribution in [-0.2, 0) is 4.74 Å². The van der Waals surface area contributed by atoms with E-state index >= 15 is 0 Å². The Morgan fingerprint density at radius 1 is 0.733 bits per heavy atom. The van der Waals surface area contributed by atoms with Crippen molar-refractivity contribution in [2.75, 3.05) is 80.7 Å². The van der Waals surface area contributed by atoms with Crippen LogP contribution in [0.5, 0.6) is 0 Å². The van der Waals surface area contributed by atoms with Gasteiger partial charge < -0.3 is 25.2 Å². The monoisotopic (exact) mass is 658 g/mol. The number of nitrogens with one attached hydrogen (secondary N) is 2. The van der Waals surface area contributed by atoms with Gasteiger partial charge in [0, 0.05) is 26.2 Å². The number of carbonyl (C=O) groups is 6. The van der Waals surface area contributed by atoms with E-state index in [1.165, 1.54) is 0 Å². The molecule has 0 spiro atoms. The summed E-state index contributed by atoms with van der Waals surface area (Å²) in [6.07, 6.45) is -0.220. The average molecular weight is 659 g/mol. The van der Waals surface area contributed by atoms with E-state index in [0.717, 1.165) is 22.7 Å². The first-order valence-corrected chi connectivity index (χ1v) is 15.8. The number of nitrogens with zero attached hydrogens (tertiary/aromatic N) is 6. The van der Waals surface area contributed by atoms with Crippen LogP contribution < -0.4 is 10.6 Å². The molecular weight excluding hydrogens is 624 g/mol. The summed E-state index contributed by atoms with van der Waals surface area (Å²) in [6.45, 7) is 2.50. The lowest BCUT2D eigenvalue weighted by molar-refractivity contribution is 0.0890. The van der Waals surface area contributed by atoms with Crippen molar-refractivity contribution in [2.45, 2.75) is 12.8 Å². The second-order valence-electron chi connectivity index (χ2n) is 10.6. The van der Waals surface area contributed by atoms with E-state index in [9.17, 15) is 28.8 Å². The molecule has 0 radical (unpaired) electrons. The van der Waals surface area contributed by atoms with Crippen molar-refractivity contribution < 1.29 is 33.5 Å². The van der Waals surface area contributed by atoms with E-state index in [2.05, 4.69) is 30.6 Å². The van der Waals surface area contributed by atoms with Gasteiger partial charge in [-0.1, -0.05) is 0 Å². The van der Waals surface area contributed by atoms with Gasteiger partial charge in [-0.3, -0.25) is 38.8 Å². The summed E-state index contributed by atoms with van der Waals surface area (Å²) in [4.78, 5) is 96.6. The van der Waals surface area contributed by atoms with E-state index in [1.54, 1.807) is 0 Å². The molecule has 0 atom stereocenters. The van der Waals surface area contributed by atoms with Gasteiger partial charge in [0.25, 0.3) is 11.8 Å². The molecule has 0 aromatic carbocycles. The minimum atomic E-state index is -0.541. The minimum absolute atomic E-state index is 0.00132. The molecule has 17 heteroatoms. The fourth-order valence-corrected chi connectivity index (χ4v) is 6.00. The zero-order chi connectivity index (χ0) is 32.7. The lowest BCUT2D eigenvalue weighted by atomic mass is 9.98. The Morgan fingerprint density at radius 3 is 1.51 bits per heavy atom. The van der Waals surface area contributed by atoms with Crippen LogP contribution in [0.2, 0.25) is 0 Å². The molecule has 2 amide bonds. The van der Waals surface area contributed by atoms with Gasteiger partial charge in [-0.05, 0) is 28.2 Å². The Labute approximate surface area is 267 Å². The fourth-order valence-electron chi connectivity index (χ4n) is 4.17. The van der Waals surface area contributed by atoms with E-state index < -0.39 is 23.4 Å². The first-order valence-electron chi connectivity index (χ1n) is 14.1. The number of likely N-dealkylation sites (N-methyl/N-ethyl adjacent to an activating group) is 2. The molecule has 15 nitrogen and oxygen atoms in total. The normalized spacial score (nSPS) is 16.6. The Kier molecular flexibility index (Phi) is 11.6. The summed E-state index contributed by atoms with van der Waals surface area (Å²) in [5.74, 6) is -2.54. The van der Waals surface area contributed by atoms with Crippen molar-refractivity contribution in [3.8, 4) is 0 Å². The molecule has 0 bridgehead atoms. The Balaban J connectivity index is 1.19. The largest absolute Gasteiger partial charge is 0.378 e. The lowest BCUT2D eigenvalue weighted by Crippen LogP contribution is -2.30. The van der Waals surface area contributed by atoms with Gasteiger partial charge in [0.2, 0.25) is 11.6 Å². The number of aromatic nitrogens is 2. The van der Waals surface area contributed by atoms with E-state index in [1.807, 2.05) is 38.0 Å². The van der Waals surface area contributed by atoms with Gasteiger partial charge in [-0.15, -0.1) is 22.7 Å². The fraction of sp³-hybridized carbons (Fsp3) is 0.500. The van der Waals surface area contributed by atoms with Crippen LogP contribution in [0.25, 0.3) is 0 Å². The average Bonchev–Trinajstić information content (AvgIpc) is 3.64. The molecule has 2 aliphatic rings. The molecule has 2 aromatic heterocycles. The summed E-state index contributed by atoms with van der Waals surface area (Å²) >= 11 is 1.75. The highest BCUT2D eigenvalue weighted by molar-refractivity contribution is 7.16. The number of hydrogen-bond donors (Lipinski definition) is 2. The molecule has 2 N–H and O–H groups in total. The minimum Gasteiger partial charge on any atom is -0.378 e. The van der Waals surface area contributed by atoms with Crippen molar-refractivity contribution in [3.63, 3.8) is 0 Å². The van der Waals surface area contributed by atoms with Gasteiger partial charge in [0.1, 0.15) is 21.1 Å². The standard InChI is InChI=1S/C28H34N8O7S2/c1-35(2)9-5-29-15-13-17(37)23-19(21(15)39)33-27(44-23)25(41)31-7-11-43-12-8-32-26(42)28-34-20-22(40)16(30-6-10-36(3)4)14-18(38)24(20)45-28/h5-14H2,1-4H3,(H,31,41)(H,32,42). The molecule has 2 aliphatic carbocycles. The van der Waals surface area contributed by atoms with Crippen LogP contribution in [0.1, 0.15) is 72.8 Å². The topological polar surface area (TPSA) is 193 Å². The number of thiazole rings is 2. The maximum absolute atomic E-state index is 12.7. The molecular formula is C28H34N8O7S2. The second-order valence-corrected chi connectivity index (χ2v) is 12.6.